The minimum atomic E-state index is -0.371. The van der Waals surface area contributed by atoms with E-state index in [1.165, 1.54) is 6.92 Å². The SMILES string of the molecule is CC(=O)NNC(=O)c1ccccc1NCC1=NCCN1. The monoisotopic (exact) mass is 275 g/mol. The van der Waals surface area contributed by atoms with E-state index in [1.807, 2.05) is 6.07 Å². The Hall–Kier alpha value is -2.57. The third kappa shape index (κ3) is 3.71. The van der Waals surface area contributed by atoms with Gasteiger partial charge in [0.15, 0.2) is 0 Å². The van der Waals surface area contributed by atoms with Gasteiger partial charge < -0.3 is 10.6 Å². The van der Waals surface area contributed by atoms with Crippen LogP contribution in [-0.2, 0) is 4.79 Å². The summed E-state index contributed by atoms with van der Waals surface area (Å²) in [5.41, 5.74) is 5.75. The van der Waals surface area contributed by atoms with Crippen LogP contribution < -0.4 is 21.5 Å². The molecule has 0 radical (unpaired) electrons. The molecule has 4 N–H and O–H groups in total. The molecule has 0 atom stereocenters. The van der Waals surface area contributed by atoms with E-state index in [-0.39, 0.29) is 11.8 Å². The van der Waals surface area contributed by atoms with Gasteiger partial charge in [0.2, 0.25) is 5.91 Å². The lowest BCUT2D eigenvalue weighted by Crippen LogP contribution is -2.40. The zero-order valence-electron chi connectivity index (χ0n) is 11.2. The van der Waals surface area contributed by atoms with Crippen LogP contribution in [0.4, 0.5) is 5.69 Å². The molecule has 0 unspecified atom stereocenters. The molecule has 0 spiro atoms. The second kappa shape index (κ2) is 6.55. The van der Waals surface area contributed by atoms with Gasteiger partial charge in [0.25, 0.3) is 5.91 Å². The molecule has 2 amide bonds. The van der Waals surface area contributed by atoms with Crippen molar-refractivity contribution in [3.63, 3.8) is 0 Å². The van der Waals surface area contributed by atoms with Gasteiger partial charge in [-0.2, -0.15) is 0 Å². The molecule has 0 aliphatic carbocycles. The smallest absolute Gasteiger partial charge is 0.271 e. The number of nitrogens with zero attached hydrogens (tertiary/aromatic N) is 1. The fourth-order valence-electron chi connectivity index (χ4n) is 1.79. The molecule has 1 heterocycles. The summed E-state index contributed by atoms with van der Waals surface area (Å²) >= 11 is 0. The van der Waals surface area contributed by atoms with Gasteiger partial charge in [0, 0.05) is 19.2 Å². The summed E-state index contributed by atoms with van der Waals surface area (Å²) in [5, 5.41) is 6.30. The van der Waals surface area contributed by atoms with Gasteiger partial charge in [-0.25, -0.2) is 0 Å². The van der Waals surface area contributed by atoms with E-state index in [4.69, 9.17) is 0 Å². The van der Waals surface area contributed by atoms with Crippen LogP contribution in [0.2, 0.25) is 0 Å². The molecule has 0 aromatic heterocycles. The van der Waals surface area contributed by atoms with Crippen LogP contribution in [-0.4, -0.2) is 37.3 Å². The fraction of sp³-hybridized carbons (Fsp3) is 0.308. The first-order valence-electron chi connectivity index (χ1n) is 6.34. The lowest BCUT2D eigenvalue weighted by molar-refractivity contribution is -0.119. The third-order valence-electron chi connectivity index (χ3n) is 2.71. The van der Waals surface area contributed by atoms with Crippen molar-refractivity contribution in [2.45, 2.75) is 6.92 Å². The summed E-state index contributed by atoms with van der Waals surface area (Å²) in [7, 11) is 0. The Kier molecular flexibility index (Phi) is 4.54. The van der Waals surface area contributed by atoms with Crippen LogP contribution in [0.3, 0.4) is 0 Å². The number of aliphatic imine (C=N–C) groups is 1. The van der Waals surface area contributed by atoms with Crippen molar-refractivity contribution in [2.24, 2.45) is 4.99 Å². The van der Waals surface area contributed by atoms with Crippen LogP contribution >= 0.6 is 0 Å². The maximum Gasteiger partial charge on any atom is 0.271 e. The van der Waals surface area contributed by atoms with E-state index < -0.39 is 0 Å². The van der Waals surface area contributed by atoms with Gasteiger partial charge in [-0.05, 0) is 12.1 Å². The Morgan fingerprint density at radius 3 is 2.80 bits per heavy atom. The molecule has 7 nitrogen and oxygen atoms in total. The molecule has 0 saturated heterocycles. The van der Waals surface area contributed by atoms with Crippen molar-refractivity contribution >= 4 is 23.3 Å². The van der Waals surface area contributed by atoms with E-state index in [9.17, 15) is 9.59 Å². The average molecular weight is 275 g/mol. The summed E-state index contributed by atoms with van der Waals surface area (Å²) in [5.74, 6) is 0.181. The fourth-order valence-corrected chi connectivity index (χ4v) is 1.79. The predicted octanol–water partition coefficient (Wildman–Crippen LogP) is -0.119. The number of amidine groups is 1. The molecule has 0 fully saturated rings. The minimum absolute atomic E-state index is 0.326. The summed E-state index contributed by atoms with van der Waals surface area (Å²) < 4.78 is 0. The Morgan fingerprint density at radius 1 is 1.30 bits per heavy atom. The number of anilines is 1. The molecular formula is C13H17N5O2. The molecule has 0 saturated carbocycles. The molecule has 0 bridgehead atoms. The second-order valence-corrected chi connectivity index (χ2v) is 4.29. The first-order valence-corrected chi connectivity index (χ1v) is 6.34. The highest BCUT2D eigenvalue weighted by molar-refractivity contribution is 6.00. The number of rotatable bonds is 4. The lowest BCUT2D eigenvalue weighted by atomic mass is 10.1. The molecule has 20 heavy (non-hydrogen) atoms. The summed E-state index contributed by atoms with van der Waals surface area (Å²) in [6, 6.07) is 7.09. The molecule has 1 aliphatic rings. The van der Waals surface area contributed by atoms with Gasteiger partial charge in [0.1, 0.15) is 5.84 Å². The van der Waals surface area contributed by atoms with Crippen molar-refractivity contribution < 1.29 is 9.59 Å². The Bertz CT molecular complexity index is 541. The van der Waals surface area contributed by atoms with E-state index in [0.29, 0.717) is 17.8 Å². The third-order valence-corrected chi connectivity index (χ3v) is 2.71. The van der Waals surface area contributed by atoms with Crippen LogP contribution in [0.5, 0.6) is 0 Å². The molecule has 7 heteroatoms. The van der Waals surface area contributed by atoms with Crippen molar-refractivity contribution in [2.75, 3.05) is 25.0 Å². The van der Waals surface area contributed by atoms with E-state index in [1.54, 1.807) is 18.2 Å². The van der Waals surface area contributed by atoms with Crippen molar-refractivity contribution in [1.29, 1.82) is 0 Å². The highest BCUT2D eigenvalue weighted by Gasteiger charge is 2.12. The zero-order valence-corrected chi connectivity index (χ0v) is 11.2. The minimum Gasteiger partial charge on any atom is -0.377 e. The number of para-hydroxylation sites is 1. The standard InChI is InChI=1S/C13H17N5O2/c1-9(19)17-18-13(20)10-4-2-3-5-11(10)16-8-12-14-6-7-15-12/h2-5,16H,6-8H2,1H3,(H,14,15)(H,17,19)(H,18,20). The molecular weight excluding hydrogens is 258 g/mol. The summed E-state index contributed by atoms with van der Waals surface area (Å²) in [4.78, 5) is 27.0. The summed E-state index contributed by atoms with van der Waals surface area (Å²) in [6.07, 6.45) is 0. The number of nitrogens with one attached hydrogen (secondary N) is 4. The first kappa shape index (κ1) is 13.9. The number of benzene rings is 1. The Balaban J connectivity index is 2.01. The molecule has 1 aromatic carbocycles. The van der Waals surface area contributed by atoms with Crippen molar-refractivity contribution in [3.05, 3.63) is 29.8 Å². The zero-order chi connectivity index (χ0) is 14.4. The van der Waals surface area contributed by atoms with Gasteiger partial charge in [-0.15, -0.1) is 0 Å². The van der Waals surface area contributed by atoms with Gasteiger partial charge in [0.05, 0.1) is 18.7 Å². The highest BCUT2D eigenvalue weighted by atomic mass is 16.2. The number of hydrogen-bond donors (Lipinski definition) is 4. The van der Waals surface area contributed by atoms with Crippen molar-refractivity contribution in [1.82, 2.24) is 16.2 Å². The van der Waals surface area contributed by atoms with Crippen LogP contribution in [0.25, 0.3) is 0 Å². The number of amides is 2. The first-order chi connectivity index (χ1) is 9.66. The molecule has 2 rings (SSSR count). The number of carbonyl (C=O) groups is 2. The highest BCUT2D eigenvalue weighted by Crippen LogP contribution is 2.14. The molecule has 106 valence electrons. The molecule has 1 aromatic rings. The maximum atomic E-state index is 12.0. The van der Waals surface area contributed by atoms with Crippen LogP contribution in [0.15, 0.2) is 29.3 Å². The van der Waals surface area contributed by atoms with Gasteiger partial charge in [-0.3, -0.25) is 25.4 Å². The van der Waals surface area contributed by atoms with Crippen LogP contribution in [0.1, 0.15) is 17.3 Å². The summed E-state index contributed by atoms with van der Waals surface area (Å²) in [6.45, 7) is 3.49. The second-order valence-electron chi connectivity index (χ2n) is 4.29. The van der Waals surface area contributed by atoms with Crippen molar-refractivity contribution in [3.8, 4) is 0 Å². The maximum absolute atomic E-state index is 12.0. The topological polar surface area (TPSA) is 94.6 Å². The van der Waals surface area contributed by atoms with Crippen LogP contribution in [0, 0.1) is 0 Å². The number of hydrazine groups is 1. The normalized spacial score (nSPS) is 13.2. The quantitative estimate of drug-likeness (QED) is 0.576. The average Bonchev–Trinajstić information content (AvgIpc) is 2.96. The van der Waals surface area contributed by atoms with E-state index >= 15 is 0 Å². The lowest BCUT2D eigenvalue weighted by Gasteiger charge is -2.12. The van der Waals surface area contributed by atoms with Gasteiger partial charge >= 0.3 is 0 Å². The van der Waals surface area contributed by atoms with E-state index in [0.717, 1.165) is 18.9 Å². The Morgan fingerprint density at radius 2 is 2.10 bits per heavy atom. The largest absolute Gasteiger partial charge is 0.377 e. The van der Waals surface area contributed by atoms with E-state index in [2.05, 4.69) is 26.5 Å². The molecule has 1 aliphatic heterocycles. The number of carbonyl (C=O) groups excluding carboxylic acids is 2. The Labute approximate surface area is 116 Å². The van der Waals surface area contributed by atoms with Gasteiger partial charge in [-0.1, -0.05) is 12.1 Å². The predicted molar refractivity (Wildman–Crippen MR) is 76.5 cm³/mol. The number of hydrogen-bond acceptors (Lipinski definition) is 5.